The van der Waals surface area contributed by atoms with Crippen LogP contribution >= 0.6 is 0 Å². The van der Waals surface area contributed by atoms with Crippen LogP contribution in [0.5, 0.6) is 0 Å². The summed E-state index contributed by atoms with van der Waals surface area (Å²) in [5.74, 6) is -0.152. The van der Waals surface area contributed by atoms with Gasteiger partial charge < -0.3 is 4.90 Å². The lowest BCUT2D eigenvalue weighted by Crippen LogP contribution is -2.57. The van der Waals surface area contributed by atoms with Crippen LogP contribution in [0.25, 0.3) is 5.43 Å². The zero-order chi connectivity index (χ0) is 17.6. The van der Waals surface area contributed by atoms with Crippen molar-refractivity contribution in [2.75, 3.05) is 11.4 Å². The van der Waals surface area contributed by atoms with Crippen molar-refractivity contribution in [3.63, 3.8) is 0 Å². The van der Waals surface area contributed by atoms with Crippen molar-refractivity contribution in [3.8, 4) is 6.07 Å². The van der Waals surface area contributed by atoms with E-state index in [0.717, 1.165) is 37.1 Å². The van der Waals surface area contributed by atoms with Crippen LogP contribution in [0, 0.1) is 17.2 Å². The Morgan fingerprint density at radius 2 is 1.73 bits per heavy atom. The largest absolute Gasteiger partial charge is 0.359 e. The maximum absolute atomic E-state index is 9.97. The molecule has 0 bridgehead atoms. The molecule has 2 aromatic rings. The van der Waals surface area contributed by atoms with Crippen molar-refractivity contribution >= 4 is 11.4 Å². The van der Waals surface area contributed by atoms with E-state index in [2.05, 4.69) is 35.2 Å². The molecule has 3 aliphatic rings. The average Bonchev–Trinajstić information content (AvgIpc) is 3.20. The van der Waals surface area contributed by atoms with E-state index in [1.54, 1.807) is 4.81 Å². The second-order valence-electron chi connectivity index (χ2n) is 7.40. The summed E-state index contributed by atoms with van der Waals surface area (Å²) in [4.78, 5) is 4.14. The maximum Gasteiger partial charge on any atom is 0.225 e. The van der Waals surface area contributed by atoms with Gasteiger partial charge in [-0.3, -0.25) is 0 Å². The van der Waals surface area contributed by atoms with Crippen LogP contribution < -0.4 is 4.90 Å². The molecule has 0 aromatic heterocycles. The third-order valence-corrected chi connectivity index (χ3v) is 6.16. The van der Waals surface area contributed by atoms with Crippen molar-refractivity contribution < 1.29 is 4.81 Å². The summed E-state index contributed by atoms with van der Waals surface area (Å²) in [6, 6.07) is 23.0. The standard InChI is InChI=1S/C21H21N5/c22-15-17-16-25(18-9-3-1-4-10-18)21-14-8-7-13-20(17,21)23-26(24-21)19-11-5-2-6-12-19/h1-6,9-12,17H,7-8,13-14,16H2/t17-,20-,21+/m1/s1. The van der Waals surface area contributed by atoms with Crippen molar-refractivity contribution in [3.05, 3.63) is 66.1 Å². The van der Waals surface area contributed by atoms with E-state index in [1.165, 1.54) is 0 Å². The number of para-hydroxylation sites is 2. The number of nitriles is 1. The van der Waals surface area contributed by atoms with Gasteiger partial charge >= 0.3 is 0 Å². The van der Waals surface area contributed by atoms with Crippen LogP contribution in [-0.4, -0.2) is 22.6 Å². The lowest BCUT2D eigenvalue weighted by molar-refractivity contribution is -0.457. The third-order valence-electron chi connectivity index (χ3n) is 6.16. The molecule has 5 rings (SSSR count). The highest BCUT2D eigenvalue weighted by Gasteiger charge is 2.67. The Morgan fingerprint density at radius 3 is 2.46 bits per heavy atom. The molecule has 130 valence electrons. The van der Waals surface area contributed by atoms with Gasteiger partial charge in [0.15, 0.2) is 0 Å². The van der Waals surface area contributed by atoms with Crippen molar-refractivity contribution in [1.29, 1.82) is 5.26 Å². The summed E-state index contributed by atoms with van der Waals surface area (Å²) in [7, 11) is 0. The molecule has 1 aliphatic carbocycles. The first-order valence-corrected chi connectivity index (χ1v) is 9.32. The minimum atomic E-state index is -0.456. The van der Waals surface area contributed by atoms with E-state index in [4.69, 9.17) is 10.5 Å². The normalized spacial score (nSPS) is 32.2. The highest BCUT2D eigenvalue weighted by atomic mass is 15.7. The summed E-state index contributed by atoms with van der Waals surface area (Å²) in [5, 5.41) is 15.1. The molecular formula is C21H21N5. The number of hydrogen-bond donors (Lipinski definition) is 0. The van der Waals surface area contributed by atoms with Crippen molar-refractivity contribution in [1.82, 2.24) is 0 Å². The second kappa shape index (κ2) is 5.57. The minimum Gasteiger partial charge on any atom is -0.359 e. The third kappa shape index (κ3) is 1.90. The molecule has 2 aliphatic heterocycles. The minimum absolute atomic E-state index is 0.152. The predicted octanol–water partition coefficient (Wildman–Crippen LogP) is 4.75. The Hall–Kier alpha value is -2.87. The Bertz CT molecular complexity index is 888. The lowest BCUT2D eigenvalue weighted by atomic mass is 9.69. The van der Waals surface area contributed by atoms with E-state index in [0.29, 0.717) is 6.54 Å². The van der Waals surface area contributed by atoms with Crippen LogP contribution in [0.1, 0.15) is 25.7 Å². The molecule has 0 spiro atoms. The van der Waals surface area contributed by atoms with Gasteiger partial charge in [-0.05, 0) is 25.0 Å². The highest BCUT2D eigenvalue weighted by Crippen LogP contribution is 2.61. The van der Waals surface area contributed by atoms with Gasteiger partial charge in [0.1, 0.15) is 5.66 Å². The number of azo groups is 1. The number of rotatable bonds is 2. The molecule has 2 fully saturated rings. The fourth-order valence-electron chi connectivity index (χ4n) is 4.98. The zero-order valence-corrected chi connectivity index (χ0v) is 14.6. The number of anilines is 1. The second-order valence-corrected chi connectivity index (χ2v) is 7.40. The summed E-state index contributed by atoms with van der Waals surface area (Å²) in [6.07, 6.45) is 4.07. The average molecular weight is 343 g/mol. The number of hydrogen-bond acceptors (Lipinski definition) is 3. The Labute approximate surface area is 153 Å². The van der Waals surface area contributed by atoms with Crippen LogP contribution in [0.4, 0.5) is 11.4 Å². The molecule has 0 radical (unpaired) electrons. The van der Waals surface area contributed by atoms with Crippen LogP contribution in [0.2, 0.25) is 0 Å². The van der Waals surface area contributed by atoms with E-state index in [1.807, 2.05) is 36.4 Å². The summed E-state index contributed by atoms with van der Waals surface area (Å²) in [6.45, 7) is 0.691. The smallest absolute Gasteiger partial charge is 0.225 e. The molecule has 5 heteroatoms. The van der Waals surface area contributed by atoms with Crippen LogP contribution in [0.15, 0.2) is 65.8 Å². The molecule has 0 N–H and O–H groups in total. The molecular weight excluding hydrogens is 322 g/mol. The van der Waals surface area contributed by atoms with Crippen molar-refractivity contribution in [2.45, 2.75) is 36.9 Å². The Kier molecular flexibility index (Phi) is 3.30. The van der Waals surface area contributed by atoms with Crippen LogP contribution in [-0.2, 0) is 0 Å². The maximum atomic E-state index is 9.97. The molecule has 0 amide bonds. The quantitative estimate of drug-likeness (QED) is 0.739. The Morgan fingerprint density at radius 1 is 1.04 bits per heavy atom. The number of benzene rings is 2. The zero-order valence-electron chi connectivity index (χ0n) is 14.6. The molecule has 3 atom stereocenters. The first-order chi connectivity index (χ1) is 12.8. The molecule has 2 heterocycles. The van der Waals surface area contributed by atoms with Gasteiger partial charge in [-0.25, -0.2) is 5.11 Å². The first kappa shape index (κ1) is 15.4. The van der Waals surface area contributed by atoms with E-state index >= 15 is 0 Å². The van der Waals surface area contributed by atoms with Crippen molar-refractivity contribution in [2.24, 2.45) is 11.0 Å². The molecule has 0 unspecified atom stereocenters. The van der Waals surface area contributed by atoms with Gasteiger partial charge in [-0.2, -0.15) is 10.7 Å². The fourth-order valence-corrected chi connectivity index (χ4v) is 4.98. The van der Waals surface area contributed by atoms with Gasteiger partial charge in [-0.15, -0.1) is 4.81 Å². The molecule has 1 saturated heterocycles. The number of nitrogens with zero attached hydrogens (tertiary/aromatic N) is 5. The van der Waals surface area contributed by atoms with Gasteiger partial charge in [0.25, 0.3) is 0 Å². The van der Waals surface area contributed by atoms with Gasteiger partial charge in [0.05, 0.1) is 17.5 Å². The molecule has 26 heavy (non-hydrogen) atoms. The monoisotopic (exact) mass is 343 g/mol. The fraction of sp³-hybridized carbons (Fsp3) is 0.381. The molecule has 5 nitrogen and oxygen atoms in total. The first-order valence-electron chi connectivity index (χ1n) is 9.32. The van der Waals surface area contributed by atoms with E-state index < -0.39 is 11.2 Å². The summed E-state index contributed by atoms with van der Waals surface area (Å²) < 4.78 is 0. The summed E-state index contributed by atoms with van der Waals surface area (Å²) >= 11 is 0. The Balaban J connectivity index is 1.67. The summed E-state index contributed by atoms with van der Waals surface area (Å²) in [5.41, 5.74) is 6.35. The molecule has 1 saturated carbocycles. The lowest BCUT2D eigenvalue weighted by Gasteiger charge is -2.49. The van der Waals surface area contributed by atoms with E-state index in [9.17, 15) is 5.26 Å². The van der Waals surface area contributed by atoms with Crippen LogP contribution in [0.3, 0.4) is 0 Å². The van der Waals surface area contributed by atoms with Gasteiger partial charge in [0.2, 0.25) is 5.69 Å². The molecule has 2 aromatic carbocycles. The van der Waals surface area contributed by atoms with Gasteiger partial charge in [0, 0.05) is 24.4 Å². The van der Waals surface area contributed by atoms with E-state index in [-0.39, 0.29) is 5.92 Å². The highest BCUT2D eigenvalue weighted by molar-refractivity contribution is 5.57. The SMILES string of the molecule is N#C[C@@H]1CN(c2ccccc2)[C@@]23CCCC[C@@]12N=[N+](c1ccccc1)[N-]3. The van der Waals surface area contributed by atoms with Gasteiger partial charge in [-0.1, -0.05) is 49.2 Å². The topological polar surface area (TPSA) is 56.5 Å². The predicted molar refractivity (Wildman–Crippen MR) is 99.0 cm³/mol.